The molecule has 1 aliphatic heterocycles. The lowest BCUT2D eigenvalue weighted by atomic mass is 9.95. The van der Waals surface area contributed by atoms with Crippen molar-refractivity contribution in [1.82, 2.24) is 9.88 Å². The van der Waals surface area contributed by atoms with Gasteiger partial charge in [-0.05, 0) is 51.1 Å². The smallest absolute Gasteiger partial charge is 0.410 e. The number of benzene rings is 2. The van der Waals surface area contributed by atoms with Gasteiger partial charge < -0.3 is 15.0 Å². The SMILES string of the molecule is CC(C)(C)OC(=O)N1CCc2nc3ccc(Cl)cc3c(C(=O)Nc3ccc(F)c(F)c3)c2C1. The van der Waals surface area contributed by atoms with Gasteiger partial charge >= 0.3 is 6.09 Å². The fourth-order valence-corrected chi connectivity index (χ4v) is 3.89. The number of hydrogen-bond donors (Lipinski definition) is 1. The van der Waals surface area contributed by atoms with E-state index in [0.717, 1.165) is 12.1 Å². The first kappa shape index (κ1) is 22.9. The molecule has 0 unspecified atom stereocenters. The van der Waals surface area contributed by atoms with Gasteiger partial charge in [0.25, 0.3) is 5.91 Å². The number of carbonyl (C=O) groups excluding carboxylic acids is 2. The molecule has 0 bridgehead atoms. The number of aromatic nitrogens is 1. The zero-order valence-corrected chi connectivity index (χ0v) is 19.1. The average Bonchev–Trinajstić information content (AvgIpc) is 2.73. The summed E-state index contributed by atoms with van der Waals surface area (Å²) in [5, 5.41) is 3.52. The topological polar surface area (TPSA) is 71.5 Å². The molecule has 172 valence electrons. The number of carbonyl (C=O) groups is 2. The molecule has 0 saturated heterocycles. The molecular weight excluding hydrogens is 452 g/mol. The van der Waals surface area contributed by atoms with Crippen molar-refractivity contribution in [3.8, 4) is 0 Å². The van der Waals surface area contributed by atoms with Crippen LogP contribution in [0.4, 0.5) is 19.3 Å². The van der Waals surface area contributed by atoms with Gasteiger partial charge in [0.1, 0.15) is 5.60 Å². The molecule has 1 aliphatic rings. The molecule has 6 nitrogen and oxygen atoms in total. The largest absolute Gasteiger partial charge is 0.444 e. The molecule has 2 heterocycles. The number of hydrogen-bond acceptors (Lipinski definition) is 4. The number of nitrogens with one attached hydrogen (secondary N) is 1. The third-order valence-corrected chi connectivity index (χ3v) is 5.39. The summed E-state index contributed by atoms with van der Waals surface area (Å²) in [7, 11) is 0. The lowest BCUT2D eigenvalue weighted by Crippen LogP contribution is -2.41. The summed E-state index contributed by atoms with van der Waals surface area (Å²) >= 11 is 6.19. The van der Waals surface area contributed by atoms with E-state index in [1.165, 1.54) is 11.0 Å². The van der Waals surface area contributed by atoms with Crippen LogP contribution in [0.5, 0.6) is 0 Å². The minimum absolute atomic E-state index is 0.0967. The van der Waals surface area contributed by atoms with E-state index in [-0.39, 0.29) is 17.8 Å². The highest BCUT2D eigenvalue weighted by molar-refractivity contribution is 6.31. The summed E-state index contributed by atoms with van der Waals surface area (Å²) < 4.78 is 32.5. The first-order valence-electron chi connectivity index (χ1n) is 10.4. The van der Waals surface area contributed by atoms with Gasteiger partial charge in [0.2, 0.25) is 0 Å². The molecule has 33 heavy (non-hydrogen) atoms. The van der Waals surface area contributed by atoms with Crippen LogP contribution in [0.2, 0.25) is 5.02 Å². The summed E-state index contributed by atoms with van der Waals surface area (Å²) in [6, 6.07) is 8.13. The second-order valence-electron chi connectivity index (χ2n) is 8.81. The lowest BCUT2D eigenvalue weighted by Gasteiger charge is -2.32. The molecule has 9 heteroatoms. The number of fused-ring (bicyclic) bond motifs is 2. The highest BCUT2D eigenvalue weighted by atomic mass is 35.5. The van der Waals surface area contributed by atoms with Gasteiger partial charge in [-0.15, -0.1) is 0 Å². The van der Waals surface area contributed by atoms with E-state index in [1.807, 2.05) is 0 Å². The van der Waals surface area contributed by atoms with Crippen molar-refractivity contribution >= 4 is 40.2 Å². The highest BCUT2D eigenvalue weighted by Crippen LogP contribution is 2.31. The monoisotopic (exact) mass is 473 g/mol. The summed E-state index contributed by atoms with van der Waals surface area (Å²) in [6.07, 6.45) is -0.0650. The maximum Gasteiger partial charge on any atom is 0.410 e. The predicted octanol–water partition coefficient (Wildman–Crippen LogP) is 5.71. The third-order valence-electron chi connectivity index (χ3n) is 5.16. The molecule has 4 rings (SSSR count). The number of amides is 2. The van der Waals surface area contributed by atoms with Crippen LogP contribution in [0.25, 0.3) is 10.9 Å². The first-order valence-corrected chi connectivity index (χ1v) is 10.7. The Balaban J connectivity index is 1.77. The Hall–Kier alpha value is -3.26. The summed E-state index contributed by atoms with van der Waals surface area (Å²) in [6.45, 7) is 5.83. The van der Waals surface area contributed by atoms with Crippen LogP contribution in [0, 0.1) is 11.6 Å². The zero-order valence-electron chi connectivity index (χ0n) is 18.3. The van der Waals surface area contributed by atoms with Crippen molar-refractivity contribution in [1.29, 1.82) is 0 Å². The van der Waals surface area contributed by atoms with Crippen LogP contribution in [0.1, 0.15) is 42.4 Å². The van der Waals surface area contributed by atoms with Crippen molar-refractivity contribution in [2.75, 3.05) is 11.9 Å². The Kier molecular flexibility index (Phi) is 5.97. The normalized spacial score (nSPS) is 13.6. The second kappa shape index (κ2) is 8.59. The van der Waals surface area contributed by atoms with Crippen LogP contribution in [0.3, 0.4) is 0 Å². The molecule has 0 spiro atoms. The van der Waals surface area contributed by atoms with Gasteiger partial charge in [-0.1, -0.05) is 11.6 Å². The molecule has 0 aliphatic carbocycles. The van der Waals surface area contributed by atoms with Crippen LogP contribution in [-0.2, 0) is 17.7 Å². The third kappa shape index (κ3) is 4.90. The maximum absolute atomic E-state index is 13.7. The van der Waals surface area contributed by atoms with Crippen molar-refractivity contribution in [3.05, 3.63) is 69.9 Å². The standard InChI is InChI=1S/C24H22ClF2N3O3/c1-24(2,3)33-23(32)30-9-8-20-16(12-30)21(15-10-13(25)4-7-19(15)29-20)22(31)28-14-5-6-17(26)18(27)11-14/h4-7,10-11H,8-9,12H2,1-3H3,(H,28,31). The van der Waals surface area contributed by atoms with E-state index in [4.69, 9.17) is 16.3 Å². The molecule has 0 fully saturated rings. The van der Waals surface area contributed by atoms with Crippen LogP contribution in [-0.4, -0.2) is 34.0 Å². The number of nitrogens with zero attached hydrogens (tertiary/aromatic N) is 2. The number of rotatable bonds is 2. The molecule has 0 radical (unpaired) electrons. The number of ether oxygens (including phenoxy) is 1. The fourth-order valence-electron chi connectivity index (χ4n) is 3.72. The van der Waals surface area contributed by atoms with E-state index in [0.29, 0.717) is 40.1 Å². The minimum atomic E-state index is -1.08. The average molecular weight is 474 g/mol. The molecular formula is C24H22ClF2N3O3. The van der Waals surface area contributed by atoms with Gasteiger partial charge in [0.15, 0.2) is 11.6 Å². The number of halogens is 3. The lowest BCUT2D eigenvalue weighted by molar-refractivity contribution is 0.0222. The van der Waals surface area contributed by atoms with Gasteiger partial charge in [-0.25, -0.2) is 13.6 Å². The quantitative estimate of drug-likeness (QED) is 0.517. The molecule has 2 aromatic carbocycles. The van der Waals surface area contributed by atoms with Gasteiger partial charge in [-0.3, -0.25) is 9.78 Å². The maximum atomic E-state index is 13.7. The van der Waals surface area contributed by atoms with Crippen molar-refractivity contribution < 1.29 is 23.1 Å². The Morgan fingerprint density at radius 2 is 1.88 bits per heavy atom. The molecule has 1 N–H and O–H groups in total. The van der Waals surface area contributed by atoms with Gasteiger partial charge in [0, 0.05) is 46.4 Å². The van der Waals surface area contributed by atoms with Crippen molar-refractivity contribution in [2.45, 2.75) is 39.3 Å². The molecule has 1 aromatic heterocycles. The van der Waals surface area contributed by atoms with Crippen molar-refractivity contribution in [3.63, 3.8) is 0 Å². The predicted molar refractivity (Wildman–Crippen MR) is 121 cm³/mol. The molecule has 2 amide bonds. The zero-order chi connectivity index (χ0) is 23.9. The molecule has 3 aromatic rings. The van der Waals surface area contributed by atoms with Crippen LogP contribution < -0.4 is 5.32 Å². The summed E-state index contributed by atoms with van der Waals surface area (Å²) in [4.78, 5) is 32.2. The van der Waals surface area contributed by atoms with Crippen molar-refractivity contribution in [2.24, 2.45) is 0 Å². The highest BCUT2D eigenvalue weighted by Gasteiger charge is 2.30. The minimum Gasteiger partial charge on any atom is -0.444 e. The Bertz CT molecular complexity index is 1270. The number of pyridine rings is 1. The van der Waals surface area contributed by atoms with E-state index in [2.05, 4.69) is 10.3 Å². The van der Waals surface area contributed by atoms with Crippen LogP contribution >= 0.6 is 11.6 Å². The van der Waals surface area contributed by atoms with Gasteiger partial charge in [0.05, 0.1) is 17.6 Å². The summed E-state index contributed by atoms with van der Waals surface area (Å²) in [5.41, 5.74) is 1.51. The summed E-state index contributed by atoms with van der Waals surface area (Å²) in [5.74, 6) is -2.63. The number of anilines is 1. The second-order valence-corrected chi connectivity index (χ2v) is 9.24. The van der Waals surface area contributed by atoms with E-state index in [9.17, 15) is 18.4 Å². The van der Waals surface area contributed by atoms with E-state index in [1.54, 1.807) is 39.0 Å². The van der Waals surface area contributed by atoms with Crippen LogP contribution in [0.15, 0.2) is 36.4 Å². The molecule has 0 saturated carbocycles. The van der Waals surface area contributed by atoms with Gasteiger partial charge in [-0.2, -0.15) is 0 Å². The fraction of sp³-hybridized carbons (Fsp3) is 0.292. The Morgan fingerprint density at radius 1 is 1.12 bits per heavy atom. The van der Waals surface area contributed by atoms with E-state index < -0.39 is 29.2 Å². The Labute approximate surface area is 194 Å². The first-order chi connectivity index (χ1) is 15.5. The van der Waals surface area contributed by atoms with E-state index >= 15 is 0 Å². The molecule has 0 atom stereocenters. The Morgan fingerprint density at radius 3 is 2.58 bits per heavy atom.